The Kier molecular flexibility index (Phi) is 5.16. The van der Waals surface area contributed by atoms with E-state index in [0.29, 0.717) is 31.6 Å². The normalized spacial score (nSPS) is 16.0. The van der Waals surface area contributed by atoms with Crippen LogP contribution in [0.4, 0.5) is 4.39 Å². The van der Waals surface area contributed by atoms with Crippen LogP contribution in [0.5, 0.6) is 17.2 Å². The van der Waals surface area contributed by atoms with Gasteiger partial charge in [0, 0.05) is 36.4 Å². The molecule has 3 aromatic rings. The molecule has 1 aromatic heterocycles. The van der Waals surface area contributed by atoms with Gasteiger partial charge in [-0.3, -0.25) is 9.78 Å². The van der Waals surface area contributed by atoms with Gasteiger partial charge in [-0.25, -0.2) is 4.39 Å². The number of pyridine rings is 1. The average Bonchev–Trinajstić information content (AvgIpc) is 3.43. The smallest absolute Gasteiger partial charge is 0.231 e. The molecule has 0 radical (unpaired) electrons. The van der Waals surface area contributed by atoms with Gasteiger partial charge in [0.2, 0.25) is 12.7 Å². The molecule has 2 aliphatic rings. The molecule has 0 spiro atoms. The Labute approximate surface area is 179 Å². The summed E-state index contributed by atoms with van der Waals surface area (Å²) in [5.41, 5.74) is 3.43. The van der Waals surface area contributed by atoms with Gasteiger partial charge in [-0.15, -0.1) is 0 Å². The van der Waals surface area contributed by atoms with Crippen molar-refractivity contribution in [1.82, 2.24) is 10.3 Å². The second kappa shape index (κ2) is 8.26. The number of ether oxygens (including phenoxy) is 3. The van der Waals surface area contributed by atoms with Crippen molar-refractivity contribution < 1.29 is 23.4 Å². The quantitative estimate of drug-likeness (QED) is 0.659. The van der Waals surface area contributed by atoms with E-state index in [-0.39, 0.29) is 24.6 Å². The first-order chi connectivity index (χ1) is 15.2. The van der Waals surface area contributed by atoms with Crippen molar-refractivity contribution in [2.45, 2.75) is 25.4 Å². The first-order valence-corrected chi connectivity index (χ1v) is 10.2. The third kappa shape index (κ3) is 4.17. The number of hydrogen-bond acceptors (Lipinski definition) is 5. The first kappa shape index (κ1) is 19.4. The Morgan fingerprint density at radius 2 is 2.03 bits per heavy atom. The highest BCUT2D eigenvalue weighted by atomic mass is 19.1. The molecule has 0 aliphatic carbocycles. The molecule has 1 amide bonds. The first-order valence-electron chi connectivity index (χ1n) is 10.2. The largest absolute Gasteiger partial charge is 0.485 e. The Balaban J connectivity index is 1.15. The fourth-order valence-corrected chi connectivity index (χ4v) is 3.87. The molecule has 2 aromatic carbocycles. The number of aromatic nitrogens is 1. The number of halogens is 1. The minimum absolute atomic E-state index is 0.0752. The number of carbonyl (C=O) groups is 1. The van der Waals surface area contributed by atoms with Crippen LogP contribution in [0.1, 0.15) is 17.5 Å². The van der Waals surface area contributed by atoms with Crippen LogP contribution in [0.15, 0.2) is 54.9 Å². The van der Waals surface area contributed by atoms with E-state index in [2.05, 4.69) is 10.3 Å². The van der Waals surface area contributed by atoms with Crippen molar-refractivity contribution in [2.24, 2.45) is 0 Å². The lowest BCUT2D eigenvalue weighted by molar-refractivity contribution is -0.121. The molecular formula is C24H21FN2O4. The van der Waals surface area contributed by atoms with E-state index in [1.165, 1.54) is 6.07 Å². The highest BCUT2D eigenvalue weighted by Crippen LogP contribution is 2.36. The number of fused-ring (bicyclic) bond motifs is 2. The number of nitrogens with one attached hydrogen (secondary N) is 1. The van der Waals surface area contributed by atoms with Gasteiger partial charge in [-0.2, -0.15) is 0 Å². The van der Waals surface area contributed by atoms with Gasteiger partial charge in [-0.05, 0) is 47.9 Å². The monoisotopic (exact) mass is 420 g/mol. The minimum Gasteiger partial charge on any atom is -0.485 e. The van der Waals surface area contributed by atoms with Crippen molar-refractivity contribution in [3.63, 3.8) is 0 Å². The van der Waals surface area contributed by atoms with Crippen molar-refractivity contribution in [3.8, 4) is 28.4 Å². The molecule has 0 fully saturated rings. The molecule has 0 bridgehead atoms. The molecule has 1 unspecified atom stereocenters. The van der Waals surface area contributed by atoms with Crippen molar-refractivity contribution in [3.05, 3.63) is 71.8 Å². The number of carbonyl (C=O) groups excluding carboxylic acids is 1. The van der Waals surface area contributed by atoms with Crippen LogP contribution in [0, 0.1) is 5.82 Å². The summed E-state index contributed by atoms with van der Waals surface area (Å²) in [5, 5.41) is 2.90. The number of nitrogens with zero attached hydrogens (tertiary/aromatic N) is 1. The Morgan fingerprint density at radius 1 is 1.13 bits per heavy atom. The number of amides is 1. The van der Waals surface area contributed by atoms with Crippen LogP contribution in [0.25, 0.3) is 11.1 Å². The lowest BCUT2D eigenvalue weighted by atomic mass is 10.0. The standard InChI is InChI=1S/C24H21FN2O4/c25-20-11-17(16-2-1-7-26-12-16)9-18-10-19(31-24(18)20)13-27-23(28)6-4-15-3-5-21-22(8-15)30-14-29-21/h1-3,5,7-9,11-12,19H,4,6,10,13-14H2,(H,27,28). The average molecular weight is 420 g/mol. The third-order valence-electron chi connectivity index (χ3n) is 5.45. The molecule has 7 heteroatoms. The van der Waals surface area contributed by atoms with Gasteiger partial charge in [0.1, 0.15) is 6.10 Å². The Morgan fingerprint density at radius 3 is 2.90 bits per heavy atom. The fourth-order valence-electron chi connectivity index (χ4n) is 3.87. The highest BCUT2D eigenvalue weighted by Gasteiger charge is 2.27. The zero-order valence-corrected chi connectivity index (χ0v) is 16.8. The van der Waals surface area contributed by atoms with E-state index in [0.717, 1.165) is 28.0 Å². The van der Waals surface area contributed by atoms with E-state index in [1.54, 1.807) is 12.4 Å². The van der Waals surface area contributed by atoms with E-state index < -0.39 is 5.82 Å². The van der Waals surface area contributed by atoms with Crippen LogP contribution < -0.4 is 19.5 Å². The number of hydrogen-bond donors (Lipinski definition) is 1. The molecule has 1 atom stereocenters. The molecule has 0 saturated carbocycles. The van der Waals surface area contributed by atoms with Crippen LogP contribution in [0.3, 0.4) is 0 Å². The number of rotatable bonds is 6. The summed E-state index contributed by atoms with van der Waals surface area (Å²) in [6, 6.07) is 12.8. The number of benzene rings is 2. The van der Waals surface area contributed by atoms with Gasteiger partial charge in [-0.1, -0.05) is 12.1 Å². The highest BCUT2D eigenvalue weighted by molar-refractivity contribution is 5.76. The minimum atomic E-state index is -0.395. The fraction of sp³-hybridized carbons (Fsp3) is 0.250. The predicted octanol–water partition coefficient (Wildman–Crippen LogP) is 3.67. The molecule has 3 heterocycles. The maximum absolute atomic E-state index is 14.6. The van der Waals surface area contributed by atoms with E-state index >= 15 is 0 Å². The van der Waals surface area contributed by atoms with Gasteiger partial charge >= 0.3 is 0 Å². The van der Waals surface area contributed by atoms with Crippen LogP contribution in [0.2, 0.25) is 0 Å². The van der Waals surface area contributed by atoms with Crippen LogP contribution >= 0.6 is 0 Å². The predicted molar refractivity (Wildman–Crippen MR) is 112 cm³/mol. The van der Waals surface area contributed by atoms with Crippen molar-refractivity contribution in [2.75, 3.05) is 13.3 Å². The van der Waals surface area contributed by atoms with Crippen LogP contribution in [-0.4, -0.2) is 30.3 Å². The lowest BCUT2D eigenvalue weighted by Crippen LogP contribution is -2.34. The van der Waals surface area contributed by atoms with E-state index in [9.17, 15) is 9.18 Å². The SMILES string of the molecule is O=C(CCc1ccc2c(c1)OCO2)NCC1Cc2cc(-c3cccnc3)cc(F)c2O1. The van der Waals surface area contributed by atoms with Gasteiger partial charge in [0.15, 0.2) is 23.1 Å². The molecule has 2 aliphatic heterocycles. The van der Waals surface area contributed by atoms with E-state index in [1.807, 2.05) is 36.4 Å². The molecule has 158 valence electrons. The van der Waals surface area contributed by atoms with Gasteiger partial charge in [0.05, 0.1) is 6.54 Å². The number of aryl methyl sites for hydroxylation is 1. The maximum atomic E-state index is 14.6. The van der Waals surface area contributed by atoms with Crippen molar-refractivity contribution in [1.29, 1.82) is 0 Å². The summed E-state index contributed by atoms with van der Waals surface area (Å²) in [5.74, 6) is 1.24. The molecular weight excluding hydrogens is 399 g/mol. The third-order valence-corrected chi connectivity index (χ3v) is 5.45. The Hall–Kier alpha value is -3.61. The molecule has 0 saturated heterocycles. The maximum Gasteiger partial charge on any atom is 0.231 e. The van der Waals surface area contributed by atoms with Crippen molar-refractivity contribution >= 4 is 5.91 Å². The summed E-state index contributed by atoms with van der Waals surface area (Å²) < 4.78 is 31.0. The summed E-state index contributed by atoms with van der Waals surface area (Å²) >= 11 is 0. The zero-order chi connectivity index (χ0) is 21.2. The molecule has 31 heavy (non-hydrogen) atoms. The zero-order valence-electron chi connectivity index (χ0n) is 16.8. The molecule has 6 nitrogen and oxygen atoms in total. The molecule has 5 rings (SSSR count). The summed E-state index contributed by atoms with van der Waals surface area (Å²) in [7, 11) is 0. The lowest BCUT2D eigenvalue weighted by Gasteiger charge is -2.12. The van der Waals surface area contributed by atoms with Gasteiger partial charge in [0.25, 0.3) is 0 Å². The van der Waals surface area contributed by atoms with E-state index in [4.69, 9.17) is 14.2 Å². The summed E-state index contributed by atoms with van der Waals surface area (Å²) in [4.78, 5) is 16.4. The van der Waals surface area contributed by atoms with Gasteiger partial charge < -0.3 is 19.5 Å². The molecule has 1 N–H and O–H groups in total. The topological polar surface area (TPSA) is 69.7 Å². The van der Waals surface area contributed by atoms with Crippen LogP contribution in [-0.2, 0) is 17.6 Å². The Bertz CT molecular complexity index is 1120. The summed E-state index contributed by atoms with van der Waals surface area (Å²) in [6.07, 6.45) is 4.58. The summed E-state index contributed by atoms with van der Waals surface area (Å²) in [6.45, 7) is 0.559. The second-order valence-corrected chi connectivity index (χ2v) is 7.62. The second-order valence-electron chi connectivity index (χ2n) is 7.62.